The Morgan fingerprint density at radius 1 is 1.00 bits per heavy atom. The molecule has 2 heterocycles. The highest BCUT2D eigenvalue weighted by Crippen LogP contribution is 2.29. The van der Waals surface area contributed by atoms with Crippen molar-refractivity contribution in [2.45, 2.75) is 12.8 Å². The molecule has 4 nitrogen and oxygen atoms in total. The average Bonchev–Trinajstić information content (AvgIpc) is 3.05. The van der Waals surface area contributed by atoms with E-state index in [1.165, 1.54) is 11.1 Å². The first-order valence-corrected chi connectivity index (χ1v) is 8.90. The van der Waals surface area contributed by atoms with E-state index < -0.39 is 0 Å². The fourth-order valence-electron chi connectivity index (χ4n) is 2.42. The van der Waals surface area contributed by atoms with Crippen LogP contribution in [0.4, 0.5) is 10.9 Å². The fourth-order valence-corrected chi connectivity index (χ4v) is 3.25. The summed E-state index contributed by atoms with van der Waals surface area (Å²) in [6, 6.07) is 14.5. The van der Waals surface area contributed by atoms with Crippen LogP contribution in [0.3, 0.4) is 0 Å². The summed E-state index contributed by atoms with van der Waals surface area (Å²) >= 11 is 1.63. The average molecular weight is 338 g/mol. The zero-order chi connectivity index (χ0) is 16.8. The number of hydrogen-bond donors (Lipinski definition) is 1. The summed E-state index contributed by atoms with van der Waals surface area (Å²) in [5, 5.41) is 4.15. The number of rotatable bonds is 7. The van der Waals surface area contributed by atoms with Gasteiger partial charge in [-0.2, -0.15) is 0 Å². The fraction of sp³-hybridized carbons (Fsp3) is 0.263. The van der Waals surface area contributed by atoms with Crippen LogP contribution in [0, 0.1) is 0 Å². The highest BCUT2D eigenvalue weighted by molar-refractivity contribution is 7.18. The van der Waals surface area contributed by atoms with Crippen LogP contribution in [0.2, 0.25) is 0 Å². The van der Waals surface area contributed by atoms with Crippen LogP contribution >= 0.6 is 11.3 Å². The van der Waals surface area contributed by atoms with Gasteiger partial charge in [-0.1, -0.05) is 47.7 Å². The summed E-state index contributed by atoms with van der Waals surface area (Å²) in [5.74, 6) is 0.834. The molecular weight excluding hydrogens is 316 g/mol. The Morgan fingerprint density at radius 3 is 2.54 bits per heavy atom. The number of anilines is 2. The predicted molar refractivity (Wildman–Crippen MR) is 102 cm³/mol. The van der Waals surface area contributed by atoms with Crippen LogP contribution in [-0.2, 0) is 6.42 Å². The number of aromatic nitrogens is 2. The van der Waals surface area contributed by atoms with Gasteiger partial charge in [0.1, 0.15) is 5.82 Å². The van der Waals surface area contributed by atoms with Crippen molar-refractivity contribution >= 4 is 22.3 Å². The molecule has 5 heteroatoms. The first-order chi connectivity index (χ1) is 11.7. The number of nitrogens with one attached hydrogen (secondary N) is 1. The molecule has 0 unspecified atom stereocenters. The lowest BCUT2D eigenvalue weighted by Crippen LogP contribution is -2.13. The van der Waals surface area contributed by atoms with Gasteiger partial charge in [-0.05, 0) is 50.7 Å². The Bertz CT molecular complexity index is 751. The van der Waals surface area contributed by atoms with E-state index in [4.69, 9.17) is 0 Å². The van der Waals surface area contributed by atoms with Crippen molar-refractivity contribution < 1.29 is 0 Å². The molecule has 2 aromatic heterocycles. The third kappa shape index (κ3) is 4.63. The highest BCUT2D eigenvalue weighted by Gasteiger charge is 2.05. The van der Waals surface area contributed by atoms with Gasteiger partial charge >= 0.3 is 0 Å². The lowest BCUT2D eigenvalue weighted by Gasteiger charge is -2.09. The number of nitrogens with zero attached hydrogens (tertiary/aromatic N) is 3. The zero-order valence-corrected chi connectivity index (χ0v) is 14.9. The molecule has 0 saturated heterocycles. The minimum absolute atomic E-state index is 0.834. The van der Waals surface area contributed by atoms with Gasteiger partial charge in [0, 0.05) is 12.4 Å². The second-order valence-electron chi connectivity index (χ2n) is 5.98. The quantitative estimate of drug-likeness (QED) is 0.691. The van der Waals surface area contributed by atoms with Gasteiger partial charge < -0.3 is 10.2 Å². The van der Waals surface area contributed by atoms with E-state index in [9.17, 15) is 0 Å². The summed E-state index contributed by atoms with van der Waals surface area (Å²) in [4.78, 5) is 12.3. The van der Waals surface area contributed by atoms with Crippen LogP contribution in [0.15, 0.2) is 54.9 Å². The van der Waals surface area contributed by atoms with Crippen LogP contribution in [0.25, 0.3) is 10.4 Å². The predicted octanol–water partition coefficient (Wildman–Crippen LogP) is 4.44. The molecule has 0 aliphatic heterocycles. The van der Waals surface area contributed by atoms with Gasteiger partial charge in [0.05, 0.1) is 4.88 Å². The molecule has 24 heavy (non-hydrogen) atoms. The lowest BCUT2D eigenvalue weighted by atomic mass is 10.1. The Hall–Kier alpha value is -2.24. The van der Waals surface area contributed by atoms with Gasteiger partial charge in [-0.25, -0.2) is 9.97 Å². The summed E-state index contributed by atoms with van der Waals surface area (Å²) in [7, 11) is 4.20. The second kappa shape index (κ2) is 8.04. The molecule has 124 valence electrons. The molecule has 0 aliphatic carbocycles. The van der Waals surface area contributed by atoms with Gasteiger partial charge in [0.25, 0.3) is 0 Å². The van der Waals surface area contributed by atoms with Crippen LogP contribution < -0.4 is 5.32 Å². The number of benzene rings is 1. The van der Waals surface area contributed by atoms with Crippen molar-refractivity contribution in [3.63, 3.8) is 0 Å². The molecule has 1 N–H and O–H groups in total. The van der Waals surface area contributed by atoms with Crippen LogP contribution in [0.5, 0.6) is 0 Å². The second-order valence-corrected chi connectivity index (χ2v) is 7.01. The normalized spacial score (nSPS) is 11.0. The largest absolute Gasteiger partial charge is 0.316 e. The van der Waals surface area contributed by atoms with Crippen molar-refractivity contribution in [1.82, 2.24) is 14.9 Å². The van der Waals surface area contributed by atoms with Crippen molar-refractivity contribution in [3.8, 4) is 10.4 Å². The lowest BCUT2D eigenvalue weighted by molar-refractivity contribution is 0.400. The van der Waals surface area contributed by atoms with E-state index in [0.29, 0.717) is 0 Å². The van der Waals surface area contributed by atoms with E-state index in [-0.39, 0.29) is 0 Å². The van der Waals surface area contributed by atoms with Gasteiger partial charge in [0.15, 0.2) is 5.13 Å². The molecule has 0 aliphatic rings. The van der Waals surface area contributed by atoms with Gasteiger partial charge in [0.2, 0.25) is 0 Å². The highest BCUT2D eigenvalue weighted by atomic mass is 32.1. The molecule has 0 bridgehead atoms. The summed E-state index contributed by atoms with van der Waals surface area (Å²) in [5.41, 5.74) is 2.46. The van der Waals surface area contributed by atoms with Gasteiger partial charge in [-0.15, -0.1) is 0 Å². The Labute approximate surface area is 147 Å². The minimum Gasteiger partial charge on any atom is -0.316 e. The summed E-state index contributed by atoms with van der Waals surface area (Å²) in [6.07, 6.45) is 6.05. The maximum Gasteiger partial charge on any atom is 0.188 e. The van der Waals surface area contributed by atoms with E-state index in [0.717, 1.165) is 35.2 Å². The van der Waals surface area contributed by atoms with Crippen LogP contribution in [-0.4, -0.2) is 35.5 Å². The Kier molecular flexibility index (Phi) is 5.56. The van der Waals surface area contributed by atoms with Crippen molar-refractivity contribution in [2.24, 2.45) is 0 Å². The van der Waals surface area contributed by atoms with Gasteiger partial charge in [-0.3, -0.25) is 0 Å². The van der Waals surface area contributed by atoms with E-state index in [2.05, 4.69) is 52.5 Å². The molecule has 3 rings (SSSR count). The molecule has 3 aromatic rings. The first kappa shape index (κ1) is 16.6. The standard InChI is InChI=1S/C19H22N4S/c1-23(2)12-6-7-15-10-11-18(20-13-15)22-19-21-14-17(24-19)16-8-4-3-5-9-16/h3-5,8-11,13-14H,6-7,12H2,1-2H3,(H,20,21,22). The van der Waals surface area contributed by atoms with E-state index >= 15 is 0 Å². The van der Waals surface area contributed by atoms with Crippen molar-refractivity contribution in [3.05, 3.63) is 60.4 Å². The maximum atomic E-state index is 4.50. The first-order valence-electron chi connectivity index (χ1n) is 8.08. The molecule has 0 amide bonds. The number of aryl methyl sites for hydroxylation is 1. The summed E-state index contributed by atoms with van der Waals surface area (Å²) in [6.45, 7) is 1.10. The Balaban J connectivity index is 1.59. The topological polar surface area (TPSA) is 41.0 Å². The number of pyridine rings is 1. The summed E-state index contributed by atoms with van der Waals surface area (Å²) < 4.78 is 0. The molecular formula is C19H22N4S. The van der Waals surface area contributed by atoms with Crippen molar-refractivity contribution in [2.75, 3.05) is 26.0 Å². The molecule has 0 fully saturated rings. The van der Waals surface area contributed by atoms with Crippen molar-refractivity contribution in [1.29, 1.82) is 0 Å². The zero-order valence-electron chi connectivity index (χ0n) is 14.1. The third-order valence-electron chi connectivity index (χ3n) is 3.69. The SMILES string of the molecule is CN(C)CCCc1ccc(Nc2ncc(-c3ccccc3)s2)nc1. The van der Waals surface area contributed by atoms with Crippen LogP contribution in [0.1, 0.15) is 12.0 Å². The van der Waals surface area contributed by atoms with E-state index in [1.54, 1.807) is 11.3 Å². The minimum atomic E-state index is 0.834. The molecule has 0 saturated carbocycles. The third-order valence-corrected chi connectivity index (χ3v) is 4.66. The Morgan fingerprint density at radius 2 is 1.83 bits per heavy atom. The van der Waals surface area contributed by atoms with E-state index in [1.807, 2.05) is 36.7 Å². The smallest absolute Gasteiger partial charge is 0.188 e. The molecule has 0 radical (unpaired) electrons. The molecule has 0 atom stereocenters. The monoisotopic (exact) mass is 338 g/mol. The number of hydrogen-bond acceptors (Lipinski definition) is 5. The molecule has 0 spiro atoms. The number of thiazole rings is 1. The molecule has 1 aromatic carbocycles. The maximum absolute atomic E-state index is 4.50.